The number of carbonyl (C=O) groups excluding carboxylic acids is 1. The fourth-order valence-electron chi connectivity index (χ4n) is 3.54. The van der Waals surface area contributed by atoms with Gasteiger partial charge in [0.2, 0.25) is 5.91 Å². The highest BCUT2D eigenvalue weighted by atomic mass is 16.2. The van der Waals surface area contributed by atoms with Crippen molar-refractivity contribution in [3.8, 4) is 5.82 Å². The number of likely N-dealkylation sites (tertiary alicyclic amines) is 1. The second kappa shape index (κ2) is 6.14. The van der Waals surface area contributed by atoms with E-state index in [1.807, 2.05) is 22.9 Å². The summed E-state index contributed by atoms with van der Waals surface area (Å²) in [6, 6.07) is 6.12. The molecule has 1 aliphatic heterocycles. The van der Waals surface area contributed by atoms with Gasteiger partial charge in [0.05, 0.1) is 0 Å². The fraction of sp³-hybridized carbons (Fsp3) is 0.500. The minimum Gasteiger partial charge on any atom is -0.342 e. The Kier molecular flexibility index (Phi) is 3.85. The summed E-state index contributed by atoms with van der Waals surface area (Å²) in [6.45, 7) is 1.72. The van der Waals surface area contributed by atoms with Gasteiger partial charge in [-0.3, -0.25) is 9.36 Å². The zero-order chi connectivity index (χ0) is 15.6. The number of piperidine rings is 1. The summed E-state index contributed by atoms with van der Waals surface area (Å²) in [5.41, 5.74) is 1.09. The predicted molar refractivity (Wildman–Crippen MR) is 87.3 cm³/mol. The van der Waals surface area contributed by atoms with Gasteiger partial charge in [-0.25, -0.2) is 9.97 Å². The Morgan fingerprint density at radius 3 is 2.83 bits per heavy atom. The third kappa shape index (κ3) is 2.87. The summed E-state index contributed by atoms with van der Waals surface area (Å²) in [5.74, 6) is 1.89. The smallest absolute Gasteiger partial charge is 0.225 e. The molecule has 4 rings (SSSR count). The molecule has 2 aliphatic rings. The van der Waals surface area contributed by atoms with Crippen LogP contribution >= 0.6 is 0 Å². The summed E-state index contributed by atoms with van der Waals surface area (Å²) < 4.78 is 1.92. The molecule has 0 N–H and O–H groups in total. The number of aromatic nitrogens is 3. The topological polar surface area (TPSA) is 51.0 Å². The molecule has 0 aromatic carbocycles. The van der Waals surface area contributed by atoms with Gasteiger partial charge in [-0.2, -0.15) is 0 Å². The predicted octanol–water partition coefficient (Wildman–Crippen LogP) is 2.77. The number of carbonyl (C=O) groups is 1. The van der Waals surface area contributed by atoms with Gasteiger partial charge in [0.15, 0.2) is 0 Å². The normalized spacial score (nSPS) is 21.9. The quantitative estimate of drug-likeness (QED) is 0.876. The van der Waals surface area contributed by atoms with Crippen molar-refractivity contribution in [2.24, 2.45) is 5.92 Å². The average molecular weight is 310 g/mol. The van der Waals surface area contributed by atoms with Crippen molar-refractivity contribution < 1.29 is 4.79 Å². The van der Waals surface area contributed by atoms with Gasteiger partial charge in [-0.1, -0.05) is 12.5 Å². The Labute approximate surface area is 136 Å². The van der Waals surface area contributed by atoms with Crippen molar-refractivity contribution in [1.29, 1.82) is 0 Å². The first-order chi connectivity index (χ1) is 11.3. The Morgan fingerprint density at radius 2 is 2.09 bits per heavy atom. The Hall–Kier alpha value is -2.17. The van der Waals surface area contributed by atoms with Gasteiger partial charge in [0.25, 0.3) is 0 Å². The van der Waals surface area contributed by atoms with E-state index in [1.54, 1.807) is 12.5 Å². The lowest BCUT2D eigenvalue weighted by Gasteiger charge is -2.37. The van der Waals surface area contributed by atoms with E-state index in [2.05, 4.69) is 16.0 Å². The van der Waals surface area contributed by atoms with E-state index in [1.165, 1.54) is 6.42 Å². The van der Waals surface area contributed by atoms with E-state index < -0.39 is 0 Å². The second-order valence-electron chi connectivity index (χ2n) is 6.64. The van der Waals surface area contributed by atoms with Gasteiger partial charge < -0.3 is 4.90 Å². The van der Waals surface area contributed by atoms with E-state index in [-0.39, 0.29) is 0 Å². The van der Waals surface area contributed by atoms with Crippen LogP contribution in [0.2, 0.25) is 0 Å². The average Bonchev–Trinajstić information content (AvgIpc) is 3.08. The molecular formula is C18H22N4O. The molecule has 5 nitrogen and oxygen atoms in total. The van der Waals surface area contributed by atoms with Crippen LogP contribution in [0.4, 0.5) is 0 Å². The first kappa shape index (κ1) is 14.4. The van der Waals surface area contributed by atoms with Crippen LogP contribution in [0.3, 0.4) is 0 Å². The van der Waals surface area contributed by atoms with E-state index in [0.29, 0.717) is 17.7 Å². The molecule has 2 aromatic heterocycles. The highest BCUT2D eigenvalue weighted by Gasteiger charge is 2.32. The van der Waals surface area contributed by atoms with E-state index in [9.17, 15) is 4.79 Å². The van der Waals surface area contributed by atoms with Gasteiger partial charge >= 0.3 is 0 Å². The zero-order valence-corrected chi connectivity index (χ0v) is 13.3. The van der Waals surface area contributed by atoms with Crippen molar-refractivity contribution in [2.75, 3.05) is 13.1 Å². The molecule has 0 radical (unpaired) electrons. The molecule has 2 fully saturated rings. The molecule has 1 amide bonds. The summed E-state index contributed by atoms with van der Waals surface area (Å²) in [5, 5.41) is 0. The lowest BCUT2D eigenvalue weighted by molar-refractivity contribution is -0.139. The third-order valence-corrected chi connectivity index (χ3v) is 5.13. The summed E-state index contributed by atoms with van der Waals surface area (Å²) in [6.07, 6.45) is 11.0. The van der Waals surface area contributed by atoms with E-state index in [4.69, 9.17) is 4.98 Å². The maximum absolute atomic E-state index is 12.5. The van der Waals surface area contributed by atoms with Crippen LogP contribution in [0.5, 0.6) is 0 Å². The number of rotatable bonds is 3. The molecule has 1 saturated heterocycles. The standard InChI is InChI=1S/C18H22N4O/c23-18(14-4-1-5-14)21-10-3-6-15(12-21)16-7-2-8-17(20-16)22-11-9-19-13-22/h2,7-9,11,13-15H,1,3-6,10,12H2/t15-/m1/s1. The SMILES string of the molecule is O=C(C1CCC1)N1CCC[C@@H](c2cccc(-n3ccnc3)n2)C1. The molecule has 1 saturated carbocycles. The van der Waals surface area contributed by atoms with Gasteiger partial charge in [0.1, 0.15) is 12.1 Å². The summed E-state index contributed by atoms with van der Waals surface area (Å²) in [7, 11) is 0. The first-order valence-electron chi connectivity index (χ1n) is 8.55. The van der Waals surface area contributed by atoms with Gasteiger partial charge in [-0.05, 0) is 37.8 Å². The van der Waals surface area contributed by atoms with Crippen LogP contribution in [0.15, 0.2) is 36.9 Å². The Bertz CT molecular complexity index is 678. The van der Waals surface area contributed by atoms with Crippen molar-refractivity contribution in [3.63, 3.8) is 0 Å². The highest BCUT2D eigenvalue weighted by Crippen LogP contribution is 2.32. The molecule has 2 aromatic rings. The molecule has 5 heteroatoms. The van der Waals surface area contributed by atoms with Crippen LogP contribution < -0.4 is 0 Å². The van der Waals surface area contributed by atoms with Gasteiger partial charge in [0, 0.05) is 43.0 Å². The molecule has 120 valence electrons. The summed E-state index contributed by atoms with van der Waals surface area (Å²) in [4.78, 5) is 23.5. The summed E-state index contributed by atoms with van der Waals surface area (Å²) >= 11 is 0. The van der Waals surface area contributed by atoms with E-state index >= 15 is 0 Å². The monoisotopic (exact) mass is 310 g/mol. The molecule has 0 spiro atoms. The molecular weight excluding hydrogens is 288 g/mol. The third-order valence-electron chi connectivity index (χ3n) is 5.13. The van der Waals surface area contributed by atoms with Crippen molar-refractivity contribution in [3.05, 3.63) is 42.6 Å². The first-order valence-corrected chi connectivity index (χ1v) is 8.55. The number of imidazole rings is 1. The fourth-order valence-corrected chi connectivity index (χ4v) is 3.54. The number of hydrogen-bond acceptors (Lipinski definition) is 3. The van der Waals surface area contributed by atoms with Crippen LogP contribution in [0.25, 0.3) is 5.82 Å². The van der Waals surface area contributed by atoms with E-state index in [0.717, 1.165) is 50.3 Å². The molecule has 0 unspecified atom stereocenters. The van der Waals surface area contributed by atoms with Crippen LogP contribution in [0, 0.1) is 5.92 Å². The Balaban J connectivity index is 1.51. The second-order valence-corrected chi connectivity index (χ2v) is 6.64. The lowest BCUT2D eigenvalue weighted by atomic mass is 9.83. The minimum absolute atomic E-state index is 0.291. The molecule has 23 heavy (non-hydrogen) atoms. The molecule has 0 bridgehead atoms. The van der Waals surface area contributed by atoms with Crippen molar-refractivity contribution in [1.82, 2.24) is 19.4 Å². The van der Waals surface area contributed by atoms with Gasteiger partial charge in [-0.15, -0.1) is 0 Å². The minimum atomic E-state index is 0.291. The zero-order valence-electron chi connectivity index (χ0n) is 13.3. The lowest BCUT2D eigenvalue weighted by Crippen LogP contribution is -2.44. The number of hydrogen-bond donors (Lipinski definition) is 0. The molecule has 3 heterocycles. The number of amides is 1. The van der Waals surface area contributed by atoms with Crippen molar-refractivity contribution >= 4 is 5.91 Å². The number of pyridine rings is 1. The molecule has 1 atom stereocenters. The number of nitrogens with zero attached hydrogens (tertiary/aromatic N) is 4. The van der Waals surface area contributed by atoms with Crippen molar-refractivity contribution in [2.45, 2.75) is 38.0 Å². The van der Waals surface area contributed by atoms with Crippen LogP contribution in [-0.2, 0) is 4.79 Å². The highest BCUT2D eigenvalue weighted by molar-refractivity contribution is 5.79. The largest absolute Gasteiger partial charge is 0.342 e. The Morgan fingerprint density at radius 1 is 1.17 bits per heavy atom. The maximum Gasteiger partial charge on any atom is 0.225 e. The van der Waals surface area contributed by atoms with Crippen LogP contribution in [-0.4, -0.2) is 38.4 Å². The van der Waals surface area contributed by atoms with Crippen LogP contribution in [0.1, 0.15) is 43.7 Å². The molecule has 1 aliphatic carbocycles. The maximum atomic E-state index is 12.5.